The van der Waals surface area contributed by atoms with E-state index in [9.17, 15) is 20.1 Å². The van der Waals surface area contributed by atoms with Crippen molar-refractivity contribution in [2.45, 2.75) is 51.5 Å². The zero-order chi connectivity index (χ0) is 31.4. The van der Waals surface area contributed by atoms with Crippen molar-refractivity contribution < 1.29 is 27.6 Å². The van der Waals surface area contributed by atoms with Crippen LogP contribution in [-0.2, 0) is 11.2 Å². The summed E-state index contributed by atoms with van der Waals surface area (Å²) in [7, 11) is 0. The fraction of sp³-hybridized carbons (Fsp3) is 0.333. The minimum absolute atomic E-state index is 0.00959. The third-order valence-corrected chi connectivity index (χ3v) is 7.28. The number of ether oxygens (including phenoxy) is 1. The molecule has 2 aliphatic heterocycles. The summed E-state index contributed by atoms with van der Waals surface area (Å²) in [5.41, 5.74) is 1.22. The highest BCUT2D eigenvalue weighted by atomic mass is 19.1. The molecule has 1 saturated heterocycles. The van der Waals surface area contributed by atoms with E-state index >= 15 is 0 Å². The van der Waals surface area contributed by atoms with Crippen molar-refractivity contribution in [3.05, 3.63) is 88.8 Å². The molecule has 0 saturated carbocycles. The highest BCUT2D eigenvalue weighted by molar-refractivity contribution is 6.21. The fourth-order valence-corrected chi connectivity index (χ4v) is 5.28. The van der Waals surface area contributed by atoms with E-state index in [1.165, 1.54) is 20.5 Å². The Kier molecular flexibility index (Phi) is 6.03. The number of hydrogen-bond donors (Lipinski definition) is 0. The number of nitrogens with zero attached hydrogens (tertiary/aromatic N) is 6. The second-order valence-corrected chi connectivity index (χ2v) is 9.82. The lowest BCUT2D eigenvalue weighted by Crippen LogP contribution is -2.38. The van der Waals surface area contributed by atoms with Crippen molar-refractivity contribution in [1.82, 2.24) is 24.5 Å². The third-order valence-electron chi connectivity index (χ3n) is 7.28. The predicted molar refractivity (Wildman–Crippen MR) is 147 cm³/mol. The fourth-order valence-electron chi connectivity index (χ4n) is 5.28. The first-order chi connectivity index (χ1) is 21.0. The Labute approximate surface area is 240 Å². The largest absolute Gasteiger partial charge is 0.462 e. The standard InChI is InChI=1S/C30H29FN6O4/c1-3-41-30(40)23-17-33-36-14-12-26(34-27(23)36)35-13-6-9-25(35)22-15-19(31)16-32-24(22)11-10-18(2)37-28(38)20-7-4-5-8-21(20)29(37)39/h4-5,7-8,12,14-18,25H,3,6,9-11,13H2,1-2H3/t18-,25?/m1/s1/i9D2,25D. The molecule has 1 aromatic carbocycles. The Morgan fingerprint density at radius 2 is 1.98 bits per heavy atom. The Balaban J connectivity index is 1.34. The van der Waals surface area contributed by atoms with Gasteiger partial charge >= 0.3 is 5.97 Å². The van der Waals surface area contributed by atoms with Gasteiger partial charge in [0.25, 0.3) is 11.8 Å². The molecule has 2 amide bonds. The Morgan fingerprint density at radius 3 is 2.71 bits per heavy atom. The van der Waals surface area contributed by atoms with Crippen molar-refractivity contribution in [2.24, 2.45) is 0 Å². The van der Waals surface area contributed by atoms with Gasteiger partial charge in [-0.05, 0) is 69.3 Å². The number of halogens is 1. The number of carbonyl (C=O) groups excluding carboxylic acids is 3. The maximum atomic E-state index is 14.8. The molecule has 5 heterocycles. The number of imide groups is 1. The number of amides is 2. The van der Waals surface area contributed by atoms with Gasteiger partial charge in [0.2, 0.25) is 0 Å². The van der Waals surface area contributed by atoms with Crippen molar-refractivity contribution in [3.63, 3.8) is 0 Å². The number of hydrogen-bond acceptors (Lipinski definition) is 8. The van der Waals surface area contributed by atoms with Crippen molar-refractivity contribution in [2.75, 3.05) is 18.1 Å². The molecule has 4 aromatic rings. The quantitative estimate of drug-likeness (QED) is 0.231. The van der Waals surface area contributed by atoms with E-state index in [0.717, 1.165) is 12.3 Å². The first-order valence-electron chi connectivity index (χ1n) is 14.9. The van der Waals surface area contributed by atoms with Crippen LogP contribution in [0.5, 0.6) is 0 Å². The molecule has 2 aliphatic rings. The molecule has 0 bridgehead atoms. The average molecular weight is 560 g/mol. The van der Waals surface area contributed by atoms with Crippen LogP contribution < -0.4 is 4.90 Å². The summed E-state index contributed by atoms with van der Waals surface area (Å²) in [6, 6.07) is 6.55. The average Bonchev–Trinajstić information content (AvgIpc) is 3.62. The molecular formula is C30H29FN6O4. The van der Waals surface area contributed by atoms with Gasteiger partial charge in [-0.1, -0.05) is 12.1 Å². The van der Waals surface area contributed by atoms with E-state index in [1.54, 1.807) is 50.4 Å². The SMILES string of the molecule is [2H]C1([2H])CCN(c2ccn3ncc(C(=O)OCC)c3n2)C1([2H])c1cc(F)cnc1CC[C@@H](C)N1C(=O)c2ccccc2C1=O. The van der Waals surface area contributed by atoms with Crippen LogP contribution in [0.2, 0.25) is 0 Å². The zero-order valence-corrected chi connectivity index (χ0v) is 22.5. The third kappa shape index (κ3) is 4.71. The van der Waals surface area contributed by atoms with Crippen LogP contribution in [0.4, 0.5) is 10.2 Å². The van der Waals surface area contributed by atoms with Crippen molar-refractivity contribution >= 4 is 29.2 Å². The first-order valence-corrected chi connectivity index (χ1v) is 13.4. The van der Waals surface area contributed by atoms with Gasteiger partial charge in [0.1, 0.15) is 17.2 Å². The van der Waals surface area contributed by atoms with Gasteiger partial charge in [-0.2, -0.15) is 5.10 Å². The van der Waals surface area contributed by atoms with Crippen LogP contribution in [0, 0.1) is 5.82 Å². The number of fused-ring (bicyclic) bond motifs is 2. The van der Waals surface area contributed by atoms with Crippen LogP contribution in [0.3, 0.4) is 0 Å². The molecule has 0 radical (unpaired) electrons. The van der Waals surface area contributed by atoms with E-state index in [0.29, 0.717) is 11.1 Å². The van der Waals surface area contributed by atoms with Gasteiger partial charge in [0.05, 0.1) is 37.5 Å². The highest BCUT2D eigenvalue weighted by Crippen LogP contribution is 2.37. The van der Waals surface area contributed by atoms with Crippen LogP contribution in [0.15, 0.2) is 55.0 Å². The summed E-state index contributed by atoms with van der Waals surface area (Å²) in [5, 5.41) is 4.14. The Bertz CT molecular complexity index is 1780. The molecule has 0 N–H and O–H groups in total. The second kappa shape index (κ2) is 10.7. The van der Waals surface area contributed by atoms with Crippen LogP contribution in [0.25, 0.3) is 5.65 Å². The highest BCUT2D eigenvalue weighted by Gasteiger charge is 2.38. The van der Waals surface area contributed by atoms with E-state index in [-0.39, 0.29) is 60.7 Å². The summed E-state index contributed by atoms with van der Waals surface area (Å²) in [5.74, 6) is -1.97. The summed E-state index contributed by atoms with van der Waals surface area (Å²) in [6.45, 7) is 3.63. The molecule has 1 unspecified atom stereocenters. The molecule has 210 valence electrons. The number of benzene rings is 1. The number of carbonyl (C=O) groups is 3. The lowest BCUT2D eigenvalue weighted by molar-refractivity contribution is 0.0526. The number of pyridine rings is 1. The second-order valence-electron chi connectivity index (χ2n) is 9.82. The molecule has 41 heavy (non-hydrogen) atoms. The van der Waals surface area contributed by atoms with Gasteiger partial charge in [-0.3, -0.25) is 19.5 Å². The van der Waals surface area contributed by atoms with E-state index in [2.05, 4.69) is 15.1 Å². The summed E-state index contributed by atoms with van der Waals surface area (Å²) in [6.07, 6.45) is 2.04. The molecule has 2 atom stereocenters. The van der Waals surface area contributed by atoms with E-state index in [4.69, 9.17) is 7.48 Å². The maximum Gasteiger partial charge on any atom is 0.343 e. The molecular weight excluding hydrogens is 527 g/mol. The minimum Gasteiger partial charge on any atom is -0.462 e. The molecule has 3 aromatic heterocycles. The van der Waals surface area contributed by atoms with Crippen molar-refractivity contribution in [1.29, 1.82) is 0 Å². The smallest absolute Gasteiger partial charge is 0.343 e. The molecule has 6 rings (SSSR count). The van der Waals surface area contributed by atoms with E-state index in [1.807, 2.05) is 0 Å². The predicted octanol–water partition coefficient (Wildman–Crippen LogP) is 4.40. The molecule has 0 aliphatic carbocycles. The van der Waals surface area contributed by atoms with Gasteiger partial charge in [0, 0.05) is 27.2 Å². The zero-order valence-electron chi connectivity index (χ0n) is 25.5. The Hall–Kier alpha value is -4.67. The van der Waals surface area contributed by atoms with Gasteiger partial charge in [0.15, 0.2) is 5.65 Å². The molecule has 0 spiro atoms. The summed E-state index contributed by atoms with van der Waals surface area (Å²) < 4.78 is 48.6. The normalized spacial score (nSPS) is 21.5. The minimum atomic E-state index is -2.16. The lowest BCUT2D eigenvalue weighted by Gasteiger charge is -2.28. The number of rotatable bonds is 8. The van der Waals surface area contributed by atoms with Crippen LogP contribution in [-0.4, -0.2) is 61.5 Å². The monoisotopic (exact) mass is 559 g/mol. The molecule has 1 fully saturated rings. The van der Waals surface area contributed by atoms with Crippen molar-refractivity contribution in [3.8, 4) is 0 Å². The van der Waals surface area contributed by atoms with Gasteiger partial charge in [-0.15, -0.1) is 0 Å². The van der Waals surface area contributed by atoms with Gasteiger partial charge < -0.3 is 9.64 Å². The number of anilines is 1. The van der Waals surface area contributed by atoms with Crippen LogP contribution in [0.1, 0.15) is 85.5 Å². The first kappa shape index (κ1) is 23.1. The number of aromatic nitrogens is 4. The maximum absolute atomic E-state index is 14.8. The molecule has 10 nitrogen and oxygen atoms in total. The lowest BCUT2D eigenvalue weighted by atomic mass is 9.98. The topological polar surface area (TPSA) is 110 Å². The summed E-state index contributed by atoms with van der Waals surface area (Å²) >= 11 is 0. The van der Waals surface area contributed by atoms with Crippen LogP contribution >= 0.6 is 0 Å². The number of aryl methyl sites for hydroxylation is 1. The number of esters is 1. The van der Waals surface area contributed by atoms with E-state index < -0.39 is 42.0 Å². The summed E-state index contributed by atoms with van der Waals surface area (Å²) in [4.78, 5) is 50.0. The molecule has 11 heteroatoms. The van der Waals surface area contributed by atoms with Gasteiger partial charge in [-0.25, -0.2) is 18.7 Å². The Morgan fingerprint density at radius 1 is 1.22 bits per heavy atom.